The number of fused-ring (bicyclic) bond motifs is 1. The van der Waals surface area contributed by atoms with E-state index in [-0.39, 0.29) is 5.91 Å². The minimum Gasteiger partial charge on any atom is -0.334 e. The van der Waals surface area contributed by atoms with Gasteiger partial charge >= 0.3 is 0 Å². The van der Waals surface area contributed by atoms with Crippen LogP contribution in [0.25, 0.3) is 11.3 Å². The van der Waals surface area contributed by atoms with Crippen LogP contribution in [-0.4, -0.2) is 26.2 Å². The van der Waals surface area contributed by atoms with Crippen molar-refractivity contribution in [3.63, 3.8) is 0 Å². The van der Waals surface area contributed by atoms with Gasteiger partial charge in [-0.25, -0.2) is 4.98 Å². The number of pyridine rings is 1. The van der Waals surface area contributed by atoms with Gasteiger partial charge in [0.15, 0.2) is 0 Å². The fourth-order valence-corrected chi connectivity index (χ4v) is 4.02. The van der Waals surface area contributed by atoms with E-state index in [2.05, 4.69) is 21.1 Å². The minimum atomic E-state index is 0.00479. The summed E-state index contributed by atoms with van der Waals surface area (Å²) < 4.78 is 2.25. The lowest BCUT2D eigenvalue weighted by Gasteiger charge is -2.11. The van der Waals surface area contributed by atoms with E-state index in [0.29, 0.717) is 5.75 Å². The minimum absolute atomic E-state index is 0.00479. The van der Waals surface area contributed by atoms with Gasteiger partial charge in [0.2, 0.25) is 5.91 Å². The van der Waals surface area contributed by atoms with Gasteiger partial charge in [0, 0.05) is 48.6 Å². The summed E-state index contributed by atoms with van der Waals surface area (Å²) in [5, 5.41) is 2.99. The summed E-state index contributed by atoms with van der Waals surface area (Å²) >= 11 is 1.58. The number of rotatable bonds is 6. The average Bonchev–Trinajstić information content (AvgIpc) is 3.13. The quantitative estimate of drug-likeness (QED) is 0.700. The smallest absolute Gasteiger partial charge is 0.234 e. The molecule has 0 aliphatic carbocycles. The van der Waals surface area contributed by atoms with Crippen molar-refractivity contribution in [3.8, 4) is 11.3 Å². The molecule has 0 saturated heterocycles. The third-order valence-electron chi connectivity index (χ3n) is 4.58. The maximum Gasteiger partial charge on any atom is 0.234 e. The Morgan fingerprint density at radius 3 is 3.04 bits per heavy atom. The number of anilines is 1. The monoisotopic (exact) mass is 378 g/mol. The molecule has 5 nitrogen and oxygen atoms in total. The Labute approximate surface area is 163 Å². The highest BCUT2D eigenvalue weighted by Gasteiger charge is 2.13. The van der Waals surface area contributed by atoms with E-state index in [1.807, 2.05) is 42.6 Å². The first-order valence-electron chi connectivity index (χ1n) is 9.21. The number of carbonyl (C=O) groups is 1. The van der Waals surface area contributed by atoms with E-state index >= 15 is 0 Å². The third kappa shape index (κ3) is 4.57. The average molecular weight is 379 g/mol. The fraction of sp³-hybridized carbons (Fsp3) is 0.286. The second-order valence-corrected chi connectivity index (χ2v) is 7.66. The summed E-state index contributed by atoms with van der Waals surface area (Å²) in [5.41, 5.74) is 3.96. The van der Waals surface area contributed by atoms with Crippen molar-refractivity contribution < 1.29 is 4.79 Å². The highest BCUT2D eigenvalue weighted by Crippen LogP contribution is 2.25. The molecule has 0 atom stereocenters. The summed E-state index contributed by atoms with van der Waals surface area (Å²) in [6.07, 6.45) is 9.19. The van der Waals surface area contributed by atoms with Crippen molar-refractivity contribution >= 4 is 23.4 Å². The molecule has 4 rings (SSSR count). The van der Waals surface area contributed by atoms with E-state index in [4.69, 9.17) is 4.98 Å². The fourth-order valence-electron chi connectivity index (χ4n) is 3.25. The van der Waals surface area contributed by atoms with Gasteiger partial charge in [0.05, 0.1) is 11.4 Å². The number of aryl methyl sites for hydroxylation is 2. The Balaban J connectivity index is 1.36. The number of nitrogens with one attached hydrogen (secondary N) is 1. The normalized spacial score (nSPS) is 13.2. The van der Waals surface area contributed by atoms with Gasteiger partial charge in [-0.2, -0.15) is 0 Å². The lowest BCUT2D eigenvalue weighted by molar-refractivity contribution is -0.113. The van der Waals surface area contributed by atoms with E-state index in [0.717, 1.165) is 47.1 Å². The van der Waals surface area contributed by atoms with Gasteiger partial charge in [-0.15, -0.1) is 11.8 Å². The Hall–Kier alpha value is -2.60. The van der Waals surface area contributed by atoms with Crippen LogP contribution in [0.3, 0.4) is 0 Å². The first kappa shape index (κ1) is 17.8. The number of imidazole rings is 1. The molecule has 1 amide bonds. The molecule has 1 aromatic carbocycles. The van der Waals surface area contributed by atoms with Crippen LogP contribution in [0.2, 0.25) is 0 Å². The van der Waals surface area contributed by atoms with Crippen LogP contribution in [0.5, 0.6) is 0 Å². The van der Waals surface area contributed by atoms with Crippen molar-refractivity contribution in [1.82, 2.24) is 14.5 Å². The van der Waals surface area contributed by atoms with E-state index in [1.165, 1.54) is 12.8 Å². The van der Waals surface area contributed by atoms with Gasteiger partial charge in [0.25, 0.3) is 0 Å². The molecule has 0 saturated carbocycles. The summed E-state index contributed by atoms with van der Waals surface area (Å²) in [5.74, 6) is 2.36. The maximum atomic E-state index is 12.2. The molecule has 27 heavy (non-hydrogen) atoms. The van der Waals surface area contributed by atoms with Crippen molar-refractivity contribution in [2.75, 3.05) is 11.1 Å². The largest absolute Gasteiger partial charge is 0.334 e. The molecule has 1 aliphatic rings. The van der Waals surface area contributed by atoms with Gasteiger partial charge in [-0.05, 0) is 36.6 Å². The summed E-state index contributed by atoms with van der Waals surface area (Å²) in [7, 11) is 0. The predicted molar refractivity (Wildman–Crippen MR) is 110 cm³/mol. The Morgan fingerprint density at radius 1 is 1.22 bits per heavy atom. The molecule has 1 aliphatic heterocycles. The molecule has 1 N–H and O–H groups in total. The van der Waals surface area contributed by atoms with Crippen molar-refractivity contribution in [3.05, 3.63) is 66.4 Å². The number of nitrogens with zero attached hydrogens (tertiary/aromatic N) is 3. The zero-order valence-electron chi connectivity index (χ0n) is 15.1. The van der Waals surface area contributed by atoms with Gasteiger partial charge in [-0.1, -0.05) is 18.2 Å². The molecule has 0 fully saturated rings. The van der Waals surface area contributed by atoms with Crippen LogP contribution in [-0.2, 0) is 23.5 Å². The summed E-state index contributed by atoms with van der Waals surface area (Å²) in [6.45, 7) is 1.05. The van der Waals surface area contributed by atoms with Crippen LogP contribution >= 0.6 is 11.8 Å². The van der Waals surface area contributed by atoms with Crippen molar-refractivity contribution in [1.29, 1.82) is 0 Å². The number of thioether (sulfide) groups is 1. The number of hydrogen-bond acceptors (Lipinski definition) is 4. The zero-order valence-corrected chi connectivity index (χ0v) is 15.9. The molecule has 2 aromatic heterocycles. The molecular weight excluding hydrogens is 356 g/mol. The van der Waals surface area contributed by atoms with E-state index in [1.54, 1.807) is 18.0 Å². The van der Waals surface area contributed by atoms with Crippen LogP contribution in [0.1, 0.15) is 24.2 Å². The molecule has 6 heteroatoms. The molecule has 0 unspecified atom stereocenters. The zero-order chi connectivity index (χ0) is 18.5. The first-order valence-corrected chi connectivity index (χ1v) is 10.4. The van der Waals surface area contributed by atoms with Gasteiger partial charge in [-0.3, -0.25) is 9.78 Å². The van der Waals surface area contributed by atoms with Gasteiger partial charge in [0.1, 0.15) is 5.82 Å². The van der Waals surface area contributed by atoms with Crippen LogP contribution in [0.4, 0.5) is 5.69 Å². The van der Waals surface area contributed by atoms with Gasteiger partial charge < -0.3 is 9.88 Å². The lowest BCUT2D eigenvalue weighted by atomic mass is 10.1. The molecule has 0 radical (unpaired) electrons. The molecule has 138 valence electrons. The topological polar surface area (TPSA) is 59.8 Å². The van der Waals surface area contributed by atoms with Crippen LogP contribution in [0, 0.1) is 0 Å². The Morgan fingerprint density at radius 2 is 2.19 bits per heavy atom. The molecule has 3 aromatic rings. The van der Waals surface area contributed by atoms with Crippen molar-refractivity contribution in [2.24, 2.45) is 0 Å². The van der Waals surface area contributed by atoms with Crippen LogP contribution < -0.4 is 5.32 Å². The SMILES string of the molecule is O=C(CSCc1cccnc1)Nc1cccc(-c2cn3c(n2)CCCC3)c1. The molecule has 0 bridgehead atoms. The molecule has 3 heterocycles. The Kier molecular flexibility index (Phi) is 5.53. The number of benzene rings is 1. The first-order chi connectivity index (χ1) is 13.3. The maximum absolute atomic E-state index is 12.2. The third-order valence-corrected chi connectivity index (χ3v) is 5.58. The molecular formula is C21H22N4OS. The second-order valence-electron chi connectivity index (χ2n) is 6.68. The number of carbonyl (C=O) groups excluding carboxylic acids is 1. The summed E-state index contributed by atoms with van der Waals surface area (Å²) in [6, 6.07) is 11.9. The lowest BCUT2D eigenvalue weighted by Crippen LogP contribution is -2.14. The number of aromatic nitrogens is 3. The Bertz CT molecular complexity index is 899. The highest BCUT2D eigenvalue weighted by molar-refractivity contribution is 7.99. The van der Waals surface area contributed by atoms with Crippen molar-refractivity contribution in [2.45, 2.75) is 31.6 Å². The van der Waals surface area contributed by atoms with E-state index < -0.39 is 0 Å². The number of hydrogen-bond donors (Lipinski definition) is 1. The van der Waals surface area contributed by atoms with E-state index in [9.17, 15) is 4.79 Å². The standard InChI is InChI=1S/C21H22N4OS/c26-21(15-27-14-16-5-4-9-22-12-16)23-18-7-3-6-17(11-18)19-13-25-10-2-1-8-20(25)24-19/h3-7,9,11-13H,1-2,8,10,14-15H2,(H,23,26). The molecule has 0 spiro atoms. The number of amides is 1. The summed E-state index contributed by atoms with van der Waals surface area (Å²) in [4.78, 5) is 21.1. The predicted octanol–water partition coefficient (Wildman–Crippen LogP) is 4.15. The highest BCUT2D eigenvalue weighted by atomic mass is 32.2. The second kappa shape index (κ2) is 8.39. The van der Waals surface area contributed by atoms with Crippen LogP contribution in [0.15, 0.2) is 55.0 Å².